The molecule has 1 atom stereocenters. The SMILES string of the molecule is CCC(C)CCCCCCCCCCCCCCCCCCCCCCCCC(=O)OCc1ccccc1. The van der Waals surface area contributed by atoms with Gasteiger partial charge in [-0.1, -0.05) is 192 Å². The third-order valence-corrected chi connectivity index (χ3v) is 8.27. The van der Waals surface area contributed by atoms with E-state index >= 15 is 0 Å². The Balaban J connectivity index is 1.68. The monoisotopic (exact) mass is 528 g/mol. The van der Waals surface area contributed by atoms with Crippen LogP contribution in [0.2, 0.25) is 0 Å². The summed E-state index contributed by atoms with van der Waals surface area (Å²) in [6.45, 7) is 5.11. The second kappa shape index (κ2) is 27.3. The van der Waals surface area contributed by atoms with Crippen LogP contribution in [-0.2, 0) is 16.1 Å². The summed E-state index contributed by atoms with van der Waals surface area (Å²) in [6.07, 6.45) is 34.0. The zero-order valence-corrected chi connectivity index (χ0v) is 25.7. The zero-order valence-electron chi connectivity index (χ0n) is 25.7. The predicted molar refractivity (Wildman–Crippen MR) is 167 cm³/mol. The molecule has 0 N–H and O–H groups in total. The molecule has 1 aromatic rings. The van der Waals surface area contributed by atoms with Gasteiger partial charge in [-0.2, -0.15) is 0 Å². The van der Waals surface area contributed by atoms with Gasteiger partial charge in [0.2, 0.25) is 0 Å². The molecule has 1 rings (SSSR count). The Morgan fingerprint density at radius 2 is 0.947 bits per heavy atom. The van der Waals surface area contributed by atoms with E-state index in [4.69, 9.17) is 4.74 Å². The lowest BCUT2D eigenvalue weighted by Gasteiger charge is -2.07. The van der Waals surface area contributed by atoms with E-state index in [9.17, 15) is 4.79 Å². The van der Waals surface area contributed by atoms with Crippen molar-refractivity contribution in [3.8, 4) is 0 Å². The number of esters is 1. The van der Waals surface area contributed by atoms with Gasteiger partial charge in [0, 0.05) is 6.42 Å². The van der Waals surface area contributed by atoms with Crippen LogP contribution >= 0.6 is 0 Å². The Labute approximate surface area is 238 Å². The van der Waals surface area contributed by atoms with Crippen molar-refractivity contribution in [3.63, 3.8) is 0 Å². The summed E-state index contributed by atoms with van der Waals surface area (Å²) < 4.78 is 5.35. The third-order valence-electron chi connectivity index (χ3n) is 8.27. The summed E-state index contributed by atoms with van der Waals surface area (Å²) >= 11 is 0. The fourth-order valence-electron chi connectivity index (χ4n) is 5.31. The molecule has 0 aliphatic rings. The smallest absolute Gasteiger partial charge is 0.306 e. The number of benzene rings is 1. The molecule has 2 nitrogen and oxygen atoms in total. The maximum atomic E-state index is 11.8. The van der Waals surface area contributed by atoms with Crippen molar-refractivity contribution >= 4 is 5.97 Å². The molecule has 0 saturated heterocycles. The Bertz CT molecular complexity index is 611. The maximum absolute atomic E-state index is 11.8. The fraction of sp³-hybridized carbons (Fsp3) is 0.806. The number of hydrogen-bond donors (Lipinski definition) is 0. The summed E-state index contributed by atoms with van der Waals surface area (Å²) in [5, 5.41) is 0. The Morgan fingerprint density at radius 3 is 1.34 bits per heavy atom. The molecule has 1 unspecified atom stereocenters. The molecule has 0 heterocycles. The largest absolute Gasteiger partial charge is 0.461 e. The van der Waals surface area contributed by atoms with Crippen LogP contribution in [0.5, 0.6) is 0 Å². The van der Waals surface area contributed by atoms with Crippen LogP contribution in [0.15, 0.2) is 30.3 Å². The Kier molecular flexibility index (Phi) is 24.9. The van der Waals surface area contributed by atoms with Crippen molar-refractivity contribution in [2.24, 2.45) is 5.92 Å². The predicted octanol–water partition coefficient (Wildman–Crippen LogP) is 12.1. The van der Waals surface area contributed by atoms with E-state index in [-0.39, 0.29) is 5.97 Å². The summed E-state index contributed by atoms with van der Waals surface area (Å²) in [4.78, 5) is 11.8. The molecule has 0 aliphatic carbocycles. The third kappa shape index (κ3) is 23.8. The van der Waals surface area contributed by atoms with Gasteiger partial charge in [-0.3, -0.25) is 4.79 Å². The molecule has 0 radical (unpaired) electrons. The molecule has 2 heteroatoms. The van der Waals surface area contributed by atoms with Gasteiger partial charge in [-0.05, 0) is 17.9 Å². The topological polar surface area (TPSA) is 26.3 Å². The van der Waals surface area contributed by atoms with Crippen molar-refractivity contribution in [2.75, 3.05) is 0 Å². The second-order valence-electron chi connectivity index (χ2n) is 12.0. The standard InChI is InChI=1S/C36H64O2/c1-3-34(2)29-25-22-20-18-16-14-12-10-8-6-4-5-7-9-11-13-15-17-19-21-23-28-32-36(37)38-33-35-30-26-24-27-31-35/h24,26-27,30-31,34H,3-23,25,28-29,32-33H2,1-2H3. The number of carbonyl (C=O) groups excluding carboxylic acids is 1. The molecular weight excluding hydrogens is 464 g/mol. The molecule has 0 spiro atoms. The van der Waals surface area contributed by atoms with E-state index in [1.165, 1.54) is 141 Å². The summed E-state index contributed by atoms with van der Waals surface area (Å²) in [5.74, 6) is 0.877. The second-order valence-corrected chi connectivity index (χ2v) is 12.0. The Morgan fingerprint density at radius 1 is 0.579 bits per heavy atom. The number of hydrogen-bond acceptors (Lipinski definition) is 2. The van der Waals surface area contributed by atoms with Gasteiger partial charge in [-0.25, -0.2) is 0 Å². The first-order valence-electron chi connectivity index (χ1n) is 16.9. The minimum absolute atomic E-state index is 0.0577. The first-order chi connectivity index (χ1) is 18.7. The lowest BCUT2D eigenvalue weighted by atomic mass is 9.99. The van der Waals surface area contributed by atoms with Gasteiger partial charge in [0.05, 0.1) is 0 Å². The van der Waals surface area contributed by atoms with Crippen LogP contribution in [0.3, 0.4) is 0 Å². The van der Waals surface area contributed by atoms with Crippen molar-refractivity contribution in [3.05, 3.63) is 35.9 Å². The minimum Gasteiger partial charge on any atom is -0.461 e. The summed E-state index contributed by atoms with van der Waals surface area (Å²) in [7, 11) is 0. The number of rotatable bonds is 28. The van der Waals surface area contributed by atoms with Gasteiger partial charge in [0.25, 0.3) is 0 Å². The molecule has 0 aliphatic heterocycles. The average Bonchev–Trinajstić information content (AvgIpc) is 2.94. The van der Waals surface area contributed by atoms with Gasteiger partial charge < -0.3 is 4.74 Å². The van der Waals surface area contributed by atoms with Gasteiger partial charge in [0.1, 0.15) is 6.61 Å². The van der Waals surface area contributed by atoms with Crippen LogP contribution in [-0.4, -0.2) is 5.97 Å². The number of carbonyl (C=O) groups is 1. The highest BCUT2D eigenvalue weighted by molar-refractivity contribution is 5.69. The summed E-state index contributed by atoms with van der Waals surface area (Å²) in [5.41, 5.74) is 1.06. The molecule has 38 heavy (non-hydrogen) atoms. The molecule has 0 aromatic heterocycles. The van der Waals surface area contributed by atoms with Crippen molar-refractivity contribution in [1.29, 1.82) is 0 Å². The van der Waals surface area contributed by atoms with Gasteiger partial charge in [-0.15, -0.1) is 0 Å². The van der Waals surface area contributed by atoms with E-state index in [1.807, 2.05) is 30.3 Å². The summed E-state index contributed by atoms with van der Waals surface area (Å²) in [6, 6.07) is 9.92. The highest BCUT2D eigenvalue weighted by Crippen LogP contribution is 2.17. The maximum Gasteiger partial charge on any atom is 0.306 e. The number of unbranched alkanes of at least 4 members (excludes halogenated alkanes) is 21. The highest BCUT2D eigenvalue weighted by Gasteiger charge is 2.03. The molecule has 0 amide bonds. The quantitative estimate of drug-likeness (QED) is 0.0798. The zero-order chi connectivity index (χ0) is 27.4. The lowest BCUT2D eigenvalue weighted by Crippen LogP contribution is -2.04. The first-order valence-corrected chi connectivity index (χ1v) is 16.9. The van der Waals surface area contributed by atoms with E-state index in [0.717, 1.165) is 24.3 Å². The molecule has 0 fully saturated rings. The van der Waals surface area contributed by atoms with E-state index < -0.39 is 0 Å². The molecular formula is C36H64O2. The van der Waals surface area contributed by atoms with Gasteiger partial charge >= 0.3 is 5.97 Å². The Hall–Kier alpha value is -1.31. The molecule has 220 valence electrons. The van der Waals surface area contributed by atoms with Crippen molar-refractivity contribution < 1.29 is 9.53 Å². The minimum atomic E-state index is -0.0577. The van der Waals surface area contributed by atoms with E-state index in [2.05, 4.69) is 13.8 Å². The van der Waals surface area contributed by atoms with Crippen LogP contribution in [0.25, 0.3) is 0 Å². The van der Waals surface area contributed by atoms with Crippen LogP contribution in [0.1, 0.15) is 180 Å². The molecule has 0 saturated carbocycles. The first kappa shape index (κ1) is 34.7. The normalized spacial score (nSPS) is 12.1. The van der Waals surface area contributed by atoms with Crippen molar-refractivity contribution in [2.45, 2.75) is 181 Å². The van der Waals surface area contributed by atoms with Crippen LogP contribution in [0, 0.1) is 5.92 Å². The average molecular weight is 529 g/mol. The van der Waals surface area contributed by atoms with Crippen LogP contribution in [0.4, 0.5) is 0 Å². The van der Waals surface area contributed by atoms with Crippen molar-refractivity contribution in [1.82, 2.24) is 0 Å². The highest BCUT2D eigenvalue weighted by atomic mass is 16.5. The fourth-order valence-corrected chi connectivity index (χ4v) is 5.31. The lowest BCUT2D eigenvalue weighted by molar-refractivity contribution is -0.145. The van der Waals surface area contributed by atoms with E-state index in [0.29, 0.717) is 13.0 Å². The van der Waals surface area contributed by atoms with E-state index in [1.54, 1.807) is 0 Å². The molecule has 0 bridgehead atoms. The van der Waals surface area contributed by atoms with Crippen LogP contribution < -0.4 is 0 Å². The molecule has 1 aromatic carbocycles. The van der Waals surface area contributed by atoms with Gasteiger partial charge in [0.15, 0.2) is 0 Å². The number of ether oxygens (including phenoxy) is 1.